The van der Waals surface area contributed by atoms with Crippen molar-refractivity contribution in [2.45, 2.75) is 24.5 Å². The van der Waals surface area contributed by atoms with E-state index in [0.29, 0.717) is 5.69 Å². The van der Waals surface area contributed by atoms with Crippen molar-refractivity contribution in [3.63, 3.8) is 0 Å². The van der Waals surface area contributed by atoms with Crippen LogP contribution in [0.1, 0.15) is 23.5 Å². The molecule has 2 amide bonds. The third-order valence-corrected chi connectivity index (χ3v) is 11.3. The molecule has 1 saturated heterocycles. The number of anilines is 2. The normalized spacial score (nSPS) is 32.0. The smallest absolute Gasteiger partial charge is 0.238 e. The van der Waals surface area contributed by atoms with E-state index in [2.05, 4.69) is 34.5 Å². The molecule has 2 bridgehead atoms. The molecule has 37 heavy (non-hydrogen) atoms. The first-order chi connectivity index (χ1) is 17.8. The molecule has 2 aliphatic carbocycles. The Balaban J connectivity index is 1.42. The molecule has 2 aliphatic heterocycles. The van der Waals surface area contributed by atoms with E-state index in [1.54, 1.807) is 11.8 Å². The minimum absolute atomic E-state index is 0.00684. The number of carbonyl (C=O) groups excluding carboxylic acids is 3. The van der Waals surface area contributed by atoms with Crippen LogP contribution in [0.5, 0.6) is 0 Å². The lowest BCUT2D eigenvalue weighted by Gasteiger charge is -2.44. The topological polar surface area (TPSA) is 69.7 Å². The number of carbonyl (C=O) groups is 3. The quantitative estimate of drug-likeness (QED) is 0.428. The highest BCUT2D eigenvalue weighted by atomic mass is 32.2. The number of benzene rings is 2. The van der Waals surface area contributed by atoms with E-state index in [-0.39, 0.29) is 52.6 Å². The molecule has 4 aliphatic rings. The molecule has 7 atom stereocenters. The van der Waals surface area contributed by atoms with Gasteiger partial charge < -0.3 is 10.2 Å². The highest BCUT2D eigenvalue weighted by Crippen LogP contribution is 2.69. The van der Waals surface area contributed by atoms with Crippen molar-refractivity contribution in [3.8, 4) is 0 Å². The number of aryl methyl sites for hydroxylation is 1. The number of imide groups is 1. The largest absolute Gasteiger partial charge is 0.382 e. The van der Waals surface area contributed by atoms with Gasteiger partial charge in [0.25, 0.3) is 0 Å². The molecule has 1 N–H and O–H groups in total. The van der Waals surface area contributed by atoms with Crippen LogP contribution >= 0.6 is 23.5 Å². The molecule has 3 fully saturated rings. The summed E-state index contributed by atoms with van der Waals surface area (Å²) in [6, 6.07) is 16.2. The molecule has 7 unspecified atom stereocenters. The fourth-order valence-electron chi connectivity index (χ4n) is 7.26. The molecule has 2 saturated carbocycles. The highest BCUT2D eigenvalue weighted by Gasteiger charge is 2.69. The van der Waals surface area contributed by atoms with Crippen molar-refractivity contribution in [2.24, 2.45) is 29.6 Å². The Morgan fingerprint density at radius 3 is 2.24 bits per heavy atom. The average Bonchev–Trinajstić information content (AvgIpc) is 3.54. The summed E-state index contributed by atoms with van der Waals surface area (Å²) in [5.41, 5.74) is 4.96. The van der Waals surface area contributed by atoms with Gasteiger partial charge in [-0.05, 0) is 60.9 Å². The number of nitrogens with zero attached hydrogens (tertiary/aromatic N) is 2. The first kappa shape index (κ1) is 24.6. The standard InChI is InChI=1S/C29H31N3O3S2/c1-15-5-9-18(10-6-15)32-28(34)23-19-13-20(24(23)29(32)35)25-22(19)21(26(36-14-33)27(30-2)37-25)16-7-11-17(12-8-16)31(3)4/h5-12,14,19-25,30H,13H2,1-4H3. The van der Waals surface area contributed by atoms with Gasteiger partial charge in [-0.3, -0.25) is 19.3 Å². The maximum Gasteiger partial charge on any atom is 0.238 e. The van der Waals surface area contributed by atoms with Crippen LogP contribution in [0.3, 0.4) is 0 Å². The van der Waals surface area contributed by atoms with E-state index < -0.39 is 0 Å². The second-order valence-electron chi connectivity index (χ2n) is 10.7. The SMILES string of the molecule is CNC1=C(SC=O)C(c2ccc(N(C)C)cc2)C2C3CC(C2S1)C1C(=O)N(c2ccc(C)cc2)C(=O)C31. The van der Waals surface area contributed by atoms with Crippen molar-refractivity contribution in [3.05, 3.63) is 69.6 Å². The number of allylic oxidation sites excluding steroid dienone is 1. The maximum atomic E-state index is 13.8. The predicted molar refractivity (Wildman–Crippen MR) is 151 cm³/mol. The molecule has 2 aromatic rings. The van der Waals surface area contributed by atoms with Gasteiger partial charge in [0.2, 0.25) is 11.8 Å². The second-order valence-corrected chi connectivity index (χ2v) is 12.8. The zero-order chi connectivity index (χ0) is 26.0. The minimum Gasteiger partial charge on any atom is -0.382 e. The van der Waals surface area contributed by atoms with Crippen LogP contribution in [-0.4, -0.2) is 43.8 Å². The molecule has 192 valence electrons. The Kier molecular flexibility index (Phi) is 6.15. The summed E-state index contributed by atoms with van der Waals surface area (Å²) >= 11 is 3.01. The van der Waals surface area contributed by atoms with Gasteiger partial charge in [-0.1, -0.05) is 41.6 Å². The van der Waals surface area contributed by atoms with E-state index in [1.165, 1.54) is 16.7 Å². The van der Waals surface area contributed by atoms with Crippen LogP contribution in [0.2, 0.25) is 0 Å². The molecule has 6 rings (SSSR count). The average molecular weight is 534 g/mol. The summed E-state index contributed by atoms with van der Waals surface area (Å²) in [6.07, 6.45) is 0.888. The fourth-order valence-corrected chi connectivity index (χ4v) is 9.91. The number of amides is 2. The molecular weight excluding hydrogens is 502 g/mol. The Hall–Kier alpha value is -2.71. The molecule has 0 spiro atoms. The van der Waals surface area contributed by atoms with Crippen molar-refractivity contribution < 1.29 is 14.4 Å². The van der Waals surface area contributed by atoms with Gasteiger partial charge in [0.15, 0.2) is 5.62 Å². The van der Waals surface area contributed by atoms with Crippen LogP contribution in [-0.2, 0) is 14.4 Å². The predicted octanol–water partition coefficient (Wildman–Crippen LogP) is 4.64. The van der Waals surface area contributed by atoms with E-state index in [4.69, 9.17) is 0 Å². The van der Waals surface area contributed by atoms with E-state index >= 15 is 0 Å². The first-order valence-electron chi connectivity index (χ1n) is 12.8. The fraction of sp³-hybridized carbons (Fsp3) is 0.414. The number of hydrogen-bond acceptors (Lipinski definition) is 7. The van der Waals surface area contributed by atoms with Gasteiger partial charge in [0, 0.05) is 42.9 Å². The maximum absolute atomic E-state index is 13.8. The van der Waals surface area contributed by atoms with Crippen molar-refractivity contribution in [1.82, 2.24) is 5.32 Å². The van der Waals surface area contributed by atoms with Gasteiger partial charge in [-0.25, -0.2) is 0 Å². The van der Waals surface area contributed by atoms with E-state index in [9.17, 15) is 14.4 Å². The lowest BCUT2D eigenvalue weighted by atomic mass is 9.68. The number of thioether (sulfide) groups is 2. The summed E-state index contributed by atoms with van der Waals surface area (Å²) < 4.78 is 0. The van der Waals surface area contributed by atoms with Crippen molar-refractivity contribution in [1.29, 1.82) is 0 Å². The van der Waals surface area contributed by atoms with Gasteiger partial charge >= 0.3 is 0 Å². The number of fused-ring (bicyclic) bond motifs is 8. The Morgan fingerprint density at radius 1 is 1.00 bits per heavy atom. The van der Waals surface area contributed by atoms with Gasteiger partial charge in [0.05, 0.1) is 22.6 Å². The Bertz CT molecular complexity index is 1290. The number of rotatable bonds is 6. The first-order valence-corrected chi connectivity index (χ1v) is 14.5. The van der Waals surface area contributed by atoms with Crippen LogP contribution in [0.25, 0.3) is 0 Å². The second kappa shape index (κ2) is 9.24. The van der Waals surface area contributed by atoms with Crippen molar-refractivity contribution in [2.75, 3.05) is 30.9 Å². The van der Waals surface area contributed by atoms with Crippen LogP contribution < -0.4 is 15.1 Å². The molecule has 0 radical (unpaired) electrons. The lowest BCUT2D eigenvalue weighted by molar-refractivity contribution is -0.123. The molecule has 6 nitrogen and oxygen atoms in total. The number of hydrogen-bond donors (Lipinski definition) is 1. The molecule has 2 aromatic carbocycles. The van der Waals surface area contributed by atoms with Gasteiger partial charge in [-0.2, -0.15) is 0 Å². The summed E-state index contributed by atoms with van der Waals surface area (Å²) in [5, 5.41) is 4.58. The number of nitrogens with one attached hydrogen (secondary N) is 1. The lowest BCUT2D eigenvalue weighted by Crippen LogP contribution is -2.43. The Labute approximate surface area is 226 Å². The Morgan fingerprint density at radius 2 is 1.65 bits per heavy atom. The van der Waals surface area contributed by atoms with Crippen LogP contribution in [0.15, 0.2) is 58.5 Å². The zero-order valence-electron chi connectivity index (χ0n) is 21.4. The van der Waals surface area contributed by atoms with Crippen molar-refractivity contribution >= 4 is 52.3 Å². The molecular formula is C29H31N3O3S2. The third kappa shape index (κ3) is 3.67. The summed E-state index contributed by atoms with van der Waals surface area (Å²) in [5.74, 6) is -0.191. The van der Waals surface area contributed by atoms with Gasteiger partial charge in [-0.15, -0.1) is 11.8 Å². The summed E-state index contributed by atoms with van der Waals surface area (Å²) in [7, 11) is 5.95. The van der Waals surface area contributed by atoms with Crippen LogP contribution in [0, 0.1) is 36.5 Å². The molecule has 0 aromatic heterocycles. The highest BCUT2D eigenvalue weighted by molar-refractivity contribution is 8.16. The zero-order valence-corrected chi connectivity index (χ0v) is 23.0. The van der Waals surface area contributed by atoms with E-state index in [1.807, 2.05) is 52.3 Å². The monoisotopic (exact) mass is 533 g/mol. The van der Waals surface area contributed by atoms with Crippen LogP contribution in [0.4, 0.5) is 11.4 Å². The molecule has 2 heterocycles. The molecule has 8 heteroatoms. The van der Waals surface area contributed by atoms with E-state index in [0.717, 1.165) is 38.8 Å². The summed E-state index contributed by atoms with van der Waals surface area (Å²) in [4.78, 5) is 43.9. The summed E-state index contributed by atoms with van der Waals surface area (Å²) in [6.45, 7) is 2.00. The minimum atomic E-state index is -0.289. The third-order valence-electron chi connectivity index (χ3n) is 8.77. The van der Waals surface area contributed by atoms with Gasteiger partial charge in [0.1, 0.15) is 0 Å².